The van der Waals surface area contributed by atoms with Gasteiger partial charge in [0.1, 0.15) is 5.82 Å². The highest BCUT2D eigenvalue weighted by Gasteiger charge is 2.25. The van der Waals surface area contributed by atoms with Crippen LogP contribution in [0, 0.1) is 6.92 Å². The molecule has 4 heterocycles. The molecule has 1 fully saturated rings. The van der Waals surface area contributed by atoms with Gasteiger partial charge in [0.15, 0.2) is 0 Å². The van der Waals surface area contributed by atoms with Crippen LogP contribution in [0.1, 0.15) is 16.8 Å². The van der Waals surface area contributed by atoms with E-state index in [1.165, 1.54) is 4.68 Å². The minimum absolute atomic E-state index is 0.0235. The number of fused-ring (bicyclic) bond motifs is 1. The van der Waals surface area contributed by atoms with E-state index in [1.54, 1.807) is 6.07 Å². The van der Waals surface area contributed by atoms with Gasteiger partial charge < -0.3 is 20.1 Å². The van der Waals surface area contributed by atoms with Crippen LogP contribution in [0.3, 0.4) is 0 Å². The molecule has 3 aromatic rings. The molecule has 0 radical (unpaired) electrons. The molecule has 1 aromatic carbocycles. The average Bonchev–Trinajstić information content (AvgIpc) is 3.34. The average molecular weight is 378 g/mol. The van der Waals surface area contributed by atoms with Crippen LogP contribution in [0.2, 0.25) is 0 Å². The van der Waals surface area contributed by atoms with Crippen molar-refractivity contribution in [3.8, 4) is 23.1 Å². The highest BCUT2D eigenvalue weighted by Crippen LogP contribution is 2.29. The number of ether oxygens (including phenoxy) is 1. The third-order valence-corrected chi connectivity index (χ3v) is 5.16. The Morgan fingerprint density at radius 1 is 1.11 bits per heavy atom. The number of rotatable bonds is 3. The number of anilines is 1. The number of aromatic nitrogens is 4. The summed E-state index contributed by atoms with van der Waals surface area (Å²) in [4.78, 5) is 11.7. The van der Waals surface area contributed by atoms with Gasteiger partial charge in [-0.1, -0.05) is 23.8 Å². The van der Waals surface area contributed by atoms with Crippen LogP contribution < -0.4 is 10.2 Å². The van der Waals surface area contributed by atoms with Gasteiger partial charge in [0.2, 0.25) is 5.88 Å². The quantitative estimate of drug-likeness (QED) is 0.718. The second kappa shape index (κ2) is 6.88. The van der Waals surface area contributed by atoms with Gasteiger partial charge >= 0.3 is 0 Å². The number of benzene rings is 1. The molecule has 0 atom stereocenters. The topological polar surface area (TPSA) is 88.3 Å². The molecule has 1 saturated heterocycles. The maximum absolute atomic E-state index is 10.5. The van der Waals surface area contributed by atoms with Gasteiger partial charge in [-0.05, 0) is 13.0 Å². The van der Waals surface area contributed by atoms with Crippen molar-refractivity contribution in [2.75, 3.05) is 31.2 Å². The Labute approximate surface area is 162 Å². The normalized spacial score (nSPS) is 16.4. The highest BCUT2D eigenvalue weighted by molar-refractivity contribution is 5.62. The lowest BCUT2D eigenvalue weighted by Gasteiger charge is -2.29. The number of hydrogen-bond donors (Lipinski definition) is 2. The van der Waals surface area contributed by atoms with E-state index in [9.17, 15) is 5.11 Å². The van der Waals surface area contributed by atoms with Crippen molar-refractivity contribution in [3.05, 3.63) is 47.2 Å². The van der Waals surface area contributed by atoms with E-state index in [1.807, 2.05) is 31.2 Å². The van der Waals surface area contributed by atoms with Crippen LogP contribution in [0.5, 0.6) is 5.88 Å². The lowest BCUT2D eigenvalue weighted by atomic mass is 10.1. The van der Waals surface area contributed by atoms with Crippen molar-refractivity contribution in [1.82, 2.24) is 25.1 Å². The molecule has 8 heteroatoms. The Kier molecular flexibility index (Phi) is 4.22. The lowest BCUT2D eigenvalue weighted by molar-refractivity contribution is 0.122. The van der Waals surface area contributed by atoms with Gasteiger partial charge in [0.05, 0.1) is 24.6 Å². The van der Waals surface area contributed by atoms with E-state index in [2.05, 4.69) is 20.3 Å². The Bertz CT molecular complexity index is 1030. The SMILES string of the molecule is Cc1cccc(-c2cc(O)n(-c3nc4c(c(N5CCOCC5)n3)CNC4)n2)c1. The number of nitrogens with one attached hydrogen (secondary N) is 1. The molecule has 0 bridgehead atoms. The minimum atomic E-state index is 0.0235. The Morgan fingerprint density at radius 3 is 2.79 bits per heavy atom. The van der Waals surface area contributed by atoms with Gasteiger partial charge in [-0.3, -0.25) is 0 Å². The molecule has 0 aliphatic carbocycles. The highest BCUT2D eigenvalue weighted by atomic mass is 16.5. The number of hydrogen-bond acceptors (Lipinski definition) is 7. The van der Waals surface area contributed by atoms with Crippen LogP contribution in [0.4, 0.5) is 5.82 Å². The zero-order chi connectivity index (χ0) is 19.1. The zero-order valence-electron chi connectivity index (χ0n) is 15.7. The molecule has 144 valence electrons. The molecule has 5 rings (SSSR count). The van der Waals surface area contributed by atoms with Crippen LogP contribution >= 0.6 is 0 Å². The molecule has 0 amide bonds. The standard InChI is InChI=1S/C20H22N6O2/c1-13-3-2-4-14(9-13)16-10-18(27)26(24-16)20-22-17-12-21-11-15(17)19(23-20)25-5-7-28-8-6-25/h2-4,9-10,21,27H,5-8,11-12H2,1H3. The fourth-order valence-corrected chi connectivity index (χ4v) is 3.73. The minimum Gasteiger partial charge on any atom is -0.493 e. The molecule has 28 heavy (non-hydrogen) atoms. The van der Waals surface area contributed by atoms with Crippen LogP contribution in [0.15, 0.2) is 30.3 Å². The smallest absolute Gasteiger partial charge is 0.256 e. The van der Waals surface area contributed by atoms with Crippen molar-refractivity contribution in [3.63, 3.8) is 0 Å². The molecule has 2 aliphatic rings. The zero-order valence-corrected chi connectivity index (χ0v) is 15.7. The second-order valence-electron chi connectivity index (χ2n) is 7.14. The van der Waals surface area contributed by atoms with E-state index in [0.29, 0.717) is 31.4 Å². The summed E-state index contributed by atoms with van der Waals surface area (Å²) >= 11 is 0. The summed E-state index contributed by atoms with van der Waals surface area (Å²) in [5.41, 5.74) is 4.86. The predicted octanol–water partition coefficient (Wildman–Crippen LogP) is 1.78. The summed E-state index contributed by atoms with van der Waals surface area (Å²) in [5.74, 6) is 1.32. The monoisotopic (exact) mass is 378 g/mol. The predicted molar refractivity (Wildman–Crippen MR) is 105 cm³/mol. The summed E-state index contributed by atoms with van der Waals surface area (Å²) in [7, 11) is 0. The molecule has 2 aliphatic heterocycles. The first kappa shape index (κ1) is 17.2. The molecular formula is C20H22N6O2. The van der Waals surface area contributed by atoms with Crippen molar-refractivity contribution >= 4 is 5.82 Å². The molecule has 0 saturated carbocycles. The Balaban J connectivity index is 1.58. The first-order valence-corrected chi connectivity index (χ1v) is 9.49. The van der Waals surface area contributed by atoms with Gasteiger partial charge in [0, 0.05) is 43.4 Å². The first-order valence-electron chi connectivity index (χ1n) is 9.49. The van der Waals surface area contributed by atoms with Crippen LogP contribution in [-0.2, 0) is 17.8 Å². The van der Waals surface area contributed by atoms with Gasteiger partial charge in [-0.2, -0.15) is 14.8 Å². The summed E-state index contributed by atoms with van der Waals surface area (Å²) in [6.07, 6.45) is 0. The summed E-state index contributed by atoms with van der Waals surface area (Å²) < 4.78 is 6.90. The number of aryl methyl sites for hydroxylation is 1. The molecule has 2 N–H and O–H groups in total. The van der Waals surface area contributed by atoms with Crippen LogP contribution in [-0.4, -0.2) is 51.2 Å². The Morgan fingerprint density at radius 2 is 1.96 bits per heavy atom. The number of nitrogens with zero attached hydrogens (tertiary/aromatic N) is 5. The maximum atomic E-state index is 10.5. The van der Waals surface area contributed by atoms with Gasteiger partial charge in [-0.15, -0.1) is 0 Å². The molecule has 0 spiro atoms. The summed E-state index contributed by atoms with van der Waals surface area (Å²) in [5, 5.41) is 18.5. The van der Waals surface area contributed by atoms with Crippen LogP contribution in [0.25, 0.3) is 17.2 Å². The number of morpholine rings is 1. The molecule has 2 aromatic heterocycles. The largest absolute Gasteiger partial charge is 0.493 e. The van der Waals surface area contributed by atoms with Crippen molar-refractivity contribution in [2.45, 2.75) is 20.0 Å². The van der Waals surface area contributed by atoms with Crippen molar-refractivity contribution < 1.29 is 9.84 Å². The lowest BCUT2D eigenvalue weighted by Crippen LogP contribution is -2.37. The summed E-state index contributed by atoms with van der Waals surface area (Å²) in [6, 6.07) is 9.68. The maximum Gasteiger partial charge on any atom is 0.256 e. The van der Waals surface area contributed by atoms with E-state index in [0.717, 1.165) is 47.8 Å². The number of aromatic hydroxyl groups is 1. The van der Waals surface area contributed by atoms with E-state index < -0.39 is 0 Å². The van der Waals surface area contributed by atoms with Gasteiger partial charge in [0.25, 0.3) is 5.95 Å². The fourth-order valence-electron chi connectivity index (χ4n) is 3.73. The van der Waals surface area contributed by atoms with E-state index >= 15 is 0 Å². The third-order valence-electron chi connectivity index (χ3n) is 5.16. The van der Waals surface area contributed by atoms with E-state index in [-0.39, 0.29) is 5.88 Å². The third kappa shape index (κ3) is 3.00. The molecule has 8 nitrogen and oxygen atoms in total. The molecule has 0 unspecified atom stereocenters. The van der Waals surface area contributed by atoms with Crippen molar-refractivity contribution in [1.29, 1.82) is 0 Å². The fraction of sp³-hybridized carbons (Fsp3) is 0.350. The summed E-state index contributed by atoms with van der Waals surface area (Å²) in [6.45, 7) is 6.44. The Hall–Kier alpha value is -2.97. The first-order chi connectivity index (χ1) is 13.7. The second-order valence-corrected chi connectivity index (χ2v) is 7.14. The van der Waals surface area contributed by atoms with Gasteiger partial charge in [-0.25, -0.2) is 4.98 Å². The molecular weight excluding hydrogens is 356 g/mol. The van der Waals surface area contributed by atoms with E-state index in [4.69, 9.17) is 9.72 Å². The van der Waals surface area contributed by atoms with Crippen molar-refractivity contribution in [2.24, 2.45) is 0 Å².